The standard InChI is InChI=1S/C20H28N2O4/c1-3-26-20(25)17-9-11-18(12-10-17)22(15(2)23)14-13-21-19(24)16-7-5-4-6-8-16/h9-12,16H,3-8,13-14H2,1-2H3,(H,21,24). The second-order valence-electron chi connectivity index (χ2n) is 6.56. The van der Waals surface area contributed by atoms with E-state index in [2.05, 4.69) is 5.32 Å². The summed E-state index contributed by atoms with van der Waals surface area (Å²) in [6, 6.07) is 6.72. The number of ether oxygens (including phenoxy) is 1. The minimum atomic E-state index is -0.381. The van der Waals surface area contributed by atoms with E-state index in [0.29, 0.717) is 30.9 Å². The maximum atomic E-state index is 12.2. The van der Waals surface area contributed by atoms with Gasteiger partial charge in [-0.1, -0.05) is 19.3 Å². The molecular weight excluding hydrogens is 332 g/mol. The number of hydrogen-bond donors (Lipinski definition) is 1. The second kappa shape index (κ2) is 9.94. The first-order valence-electron chi connectivity index (χ1n) is 9.36. The summed E-state index contributed by atoms with van der Waals surface area (Å²) < 4.78 is 4.96. The molecule has 1 aliphatic rings. The van der Waals surface area contributed by atoms with Crippen molar-refractivity contribution in [1.82, 2.24) is 5.32 Å². The smallest absolute Gasteiger partial charge is 0.338 e. The fourth-order valence-corrected chi connectivity index (χ4v) is 3.26. The van der Waals surface area contributed by atoms with Gasteiger partial charge in [0.25, 0.3) is 0 Å². The highest BCUT2D eigenvalue weighted by Crippen LogP contribution is 2.23. The number of amides is 2. The summed E-state index contributed by atoms with van der Waals surface area (Å²) in [6.45, 7) is 4.37. The van der Waals surface area contributed by atoms with Gasteiger partial charge in [0, 0.05) is 31.6 Å². The Kier molecular flexibility index (Phi) is 7.63. The lowest BCUT2D eigenvalue weighted by Gasteiger charge is -2.24. The molecule has 1 aliphatic carbocycles. The third-order valence-electron chi connectivity index (χ3n) is 4.68. The summed E-state index contributed by atoms with van der Waals surface area (Å²) in [7, 11) is 0. The van der Waals surface area contributed by atoms with Gasteiger partial charge in [-0.2, -0.15) is 0 Å². The fraction of sp³-hybridized carbons (Fsp3) is 0.550. The molecule has 0 radical (unpaired) electrons. The maximum Gasteiger partial charge on any atom is 0.338 e. The Hall–Kier alpha value is -2.37. The van der Waals surface area contributed by atoms with Crippen molar-refractivity contribution in [2.45, 2.75) is 46.0 Å². The molecule has 0 heterocycles. The van der Waals surface area contributed by atoms with Crippen molar-refractivity contribution in [3.63, 3.8) is 0 Å². The van der Waals surface area contributed by atoms with E-state index in [4.69, 9.17) is 4.74 Å². The van der Waals surface area contributed by atoms with Crippen molar-refractivity contribution in [2.75, 3.05) is 24.6 Å². The Morgan fingerprint density at radius 1 is 1.12 bits per heavy atom. The van der Waals surface area contributed by atoms with Crippen LogP contribution >= 0.6 is 0 Å². The molecule has 0 aliphatic heterocycles. The molecule has 0 saturated heterocycles. The average molecular weight is 360 g/mol. The SMILES string of the molecule is CCOC(=O)c1ccc(N(CCNC(=O)C2CCCCC2)C(C)=O)cc1. The molecule has 1 aromatic rings. The zero-order valence-electron chi connectivity index (χ0n) is 15.6. The number of anilines is 1. The lowest BCUT2D eigenvalue weighted by molar-refractivity contribution is -0.126. The van der Waals surface area contributed by atoms with Crippen LogP contribution in [-0.2, 0) is 14.3 Å². The number of nitrogens with zero attached hydrogens (tertiary/aromatic N) is 1. The summed E-state index contributed by atoms with van der Waals surface area (Å²) >= 11 is 0. The Morgan fingerprint density at radius 3 is 2.35 bits per heavy atom. The second-order valence-corrected chi connectivity index (χ2v) is 6.56. The van der Waals surface area contributed by atoms with E-state index in [1.165, 1.54) is 13.3 Å². The largest absolute Gasteiger partial charge is 0.462 e. The molecule has 1 aromatic carbocycles. The highest BCUT2D eigenvalue weighted by molar-refractivity contribution is 5.93. The van der Waals surface area contributed by atoms with Gasteiger partial charge in [0.2, 0.25) is 11.8 Å². The van der Waals surface area contributed by atoms with Crippen molar-refractivity contribution >= 4 is 23.5 Å². The van der Waals surface area contributed by atoms with E-state index in [0.717, 1.165) is 25.7 Å². The molecule has 1 N–H and O–H groups in total. The van der Waals surface area contributed by atoms with Gasteiger partial charge in [0.15, 0.2) is 0 Å². The molecule has 0 bridgehead atoms. The molecule has 2 rings (SSSR count). The van der Waals surface area contributed by atoms with Crippen molar-refractivity contribution in [3.8, 4) is 0 Å². The normalized spacial score (nSPS) is 14.5. The van der Waals surface area contributed by atoms with Crippen LogP contribution in [0.5, 0.6) is 0 Å². The lowest BCUT2D eigenvalue weighted by atomic mass is 9.89. The first kappa shape index (κ1) is 19.9. The molecule has 26 heavy (non-hydrogen) atoms. The zero-order chi connectivity index (χ0) is 18.9. The third-order valence-corrected chi connectivity index (χ3v) is 4.68. The van der Waals surface area contributed by atoms with Crippen LogP contribution in [0.3, 0.4) is 0 Å². The van der Waals surface area contributed by atoms with Gasteiger partial charge >= 0.3 is 5.97 Å². The zero-order valence-corrected chi connectivity index (χ0v) is 15.6. The number of carbonyl (C=O) groups is 3. The number of nitrogens with one attached hydrogen (secondary N) is 1. The monoisotopic (exact) mass is 360 g/mol. The third kappa shape index (κ3) is 5.58. The molecule has 142 valence electrons. The summed E-state index contributed by atoms with van der Waals surface area (Å²) in [5.41, 5.74) is 1.14. The average Bonchev–Trinajstić information content (AvgIpc) is 2.66. The van der Waals surface area contributed by atoms with Crippen LogP contribution in [0.2, 0.25) is 0 Å². The van der Waals surface area contributed by atoms with Crippen molar-refractivity contribution < 1.29 is 19.1 Å². The van der Waals surface area contributed by atoms with E-state index in [1.807, 2.05) is 0 Å². The van der Waals surface area contributed by atoms with Crippen LogP contribution in [0, 0.1) is 5.92 Å². The first-order chi connectivity index (χ1) is 12.5. The summed E-state index contributed by atoms with van der Waals surface area (Å²) in [4.78, 5) is 37.5. The summed E-state index contributed by atoms with van der Waals surface area (Å²) in [6.07, 6.45) is 5.35. The predicted molar refractivity (Wildman–Crippen MR) is 100 cm³/mol. The fourth-order valence-electron chi connectivity index (χ4n) is 3.26. The lowest BCUT2D eigenvalue weighted by Crippen LogP contribution is -2.40. The molecular formula is C20H28N2O4. The van der Waals surface area contributed by atoms with Gasteiger partial charge in [-0.3, -0.25) is 9.59 Å². The van der Waals surface area contributed by atoms with Gasteiger partial charge in [-0.05, 0) is 44.0 Å². The highest BCUT2D eigenvalue weighted by Gasteiger charge is 2.21. The Balaban J connectivity index is 1.90. The summed E-state index contributed by atoms with van der Waals surface area (Å²) in [5, 5.41) is 2.95. The van der Waals surface area contributed by atoms with Crippen LogP contribution in [-0.4, -0.2) is 37.5 Å². The number of rotatable bonds is 7. The molecule has 6 nitrogen and oxygen atoms in total. The minimum Gasteiger partial charge on any atom is -0.462 e. The molecule has 1 saturated carbocycles. The van der Waals surface area contributed by atoms with Gasteiger partial charge in [-0.25, -0.2) is 4.79 Å². The summed E-state index contributed by atoms with van der Waals surface area (Å²) in [5.74, 6) is -0.293. The van der Waals surface area contributed by atoms with Crippen LogP contribution in [0.15, 0.2) is 24.3 Å². The number of carbonyl (C=O) groups excluding carboxylic acids is 3. The van der Waals surface area contributed by atoms with E-state index < -0.39 is 0 Å². The van der Waals surface area contributed by atoms with E-state index >= 15 is 0 Å². The van der Waals surface area contributed by atoms with Crippen LogP contribution in [0.25, 0.3) is 0 Å². The maximum absolute atomic E-state index is 12.2. The van der Waals surface area contributed by atoms with Crippen molar-refractivity contribution in [2.24, 2.45) is 5.92 Å². The van der Waals surface area contributed by atoms with Crippen LogP contribution < -0.4 is 10.2 Å². The molecule has 0 unspecified atom stereocenters. The minimum absolute atomic E-state index is 0.0888. The number of hydrogen-bond acceptors (Lipinski definition) is 4. The molecule has 2 amide bonds. The van der Waals surface area contributed by atoms with Gasteiger partial charge in [-0.15, -0.1) is 0 Å². The number of esters is 1. The van der Waals surface area contributed by atoms with Crippen molar-refractivity contribution in [1.29, 1.82) is 0 Å². The molecule has 1 fully saturated rings. The number of benzene rings is 1. The van der Waals surface area contributed by atoms with E-state index in [-0.39, 0.29) is 23.7 Å². The van der Waals surface area contributed by atoms with Crippen LogP contribution in [0.1, 0.15) is 56.3 Å². The molecule has 6 heteroatoms. The molecule has 0 atom stereocenters. The molecule has 0 spiro atoms. The Labute approximate surface area is 154 Å². The Morgan fingerprint density at radius 2 is 1.77 bits per heavy atom. The predicted octanol–water partition coefficient (Wildman–Crippen LogP) is 2.91. The topological polar surface area (TPSA) is 75.7 Å². The van der Waals surface area contributed by atoms with Crippen LogP contribution in [0.4, 0.5) is 5.69 Å². The quantitative estimate of drug-likeness (QED) is 0.759. The molecule has 0 aromatic heterocycles. The van der Waals surface area contributed by atoms with Gasteiger partial charge in [0.05, 0.1) is 12.2 Å². The van der Waals surface area contributed by atoms with Gasteiger partial charge in [0.1, 0.15) is 0 Å². The van der Waals surface area contributed by atoms with E-state index in [9.17, 15) is 14.4 Å². The highest BCUT2D eigenvalue weighted by atomic mass is 16.5. The van der Waals surface area contributed by atoms with Gasteiger partial charge < -0.3 is 15.0 Å². The Bertz CT molecular complexity index is 621. The van der Waals surface area contributed by atoms with E-state index in [1.54, 1.807) is 36.1 Å². The first-order valence-corrected chi connectivity index (χ1v) is 9.36. The van der Waals surface area contributed by atoms with Crippen molar-refractivity contribution in [3.05, 3.63) is 29.8 Å².